The standard InChI is InChI=1S/C16H22N4O3/c1-22-14-6-4-13(5-7-14)20-15(17-18-16(20)21)3-2-8-19-9-11-23-12-10-19/h4-7H,2-3,8-12H2,1H3,(H,18,21). The number of H-pyrrole nitrogens is 1. The molecule has 0 bridgehead atoms. The summed E-state index contributed by atoms with van der Waals surface area (Å²) in [6.07, 6.45) is 1.71. The van der Waals surface area contributed by atoms with Crippen molar-refractivity contribution >= 4 is 0 Å². The van der Waals surface area contributed by atoms with E-state index < -0.39 is 0 Å². The van der Waals surface area contributed by atoms with Crippen LogP contribution in [0, 0.1) is 0 Å². The molecular weight excluding hydrogens is 296 g/mol. The number of hydrogen-bond acceptors (Lipinski definition) is 5. The van der Waals surface area contributed by atoms with Gasteiger partial charge in [-0.1, -0.05) is 0 Å². The van der Waals surface area contributed by atoms with E-state index in [2.05, 4.69) is 15.1 Å². The van der Waals surface area contributed by atoms with Crippen molar-refractivity contribution in [2.45, 2.75) is 12.8 Å². The molecule has 1 N–H and O–H groups in total. The first-order valence-corrected chi connectivity index (χ1v) is 7.89. The summed E-state index contributed by atoms with van der Waals surface area (Å²) >= 11 is 0. The molecule has 0 spiro atoms. The Bertz CT molecular complexity index is 671. The lowest BCUT2D eigenvalue weighted by Crippen LogP contribution is -2.37. The van der Waals surface area contributed by atoms with Crippen molar-refractivity contribution in [3.8, 4) is 11.4 Å². The highest BCUT2D eigenvalue weighted by molar-refractivity contribution is 5.37. The van der Waals surface area contributed by atoms with Crippen molar-refractivity contribution < 1.29 is 9.47 Å². The van der Waals surface area contributed by atoms with Gasteiger partial charge in [0.1, 0.15) is 11.6 Å². The van der Waals surface area contributed by atoms with E-state index in [4.69, 9.17) is 9.47 Å². The van der Waals surface area contributed by atoms with Crippen LogP contribution < -0.4 is 10.4 Å². The zero-order valence-electron chi connectivity index (χ0n) is 13.3. The number of nitrogens with one attached hydrogen (secondary N) is 1. The Hall–Kier alpha value is -2.12. The number of ether oxygens (including phenoxy) is 2. The predicted molar refractivity (Wildman–Crippen MR) is 86.3 cm³/mol. The Balaban J connectivity index is 1.67. The van der Waals surface area contributed by atoms with Crippen LogP contribution in [0.5, 0.6) is 5.75 Å². The maximum Gasteiger partial charge on any atom is 0.347 e. The van der Waals surface area contributed by atoms with Crippen LogP contribution in [-0.4, -0.2) is 59.6 Å². The number of rotatable bonds is 6. The minimum absolute atomic E-state index is 0.212. The molecule has 124 valence electrons. The highest BCUT2D eigenvalue weighted by atomic mass is 16.5. The second-order valence-corrected chi connectivity index (χ2v) is 5.54. The Kier molecular flexibility index (Phi) is 5.09. The maximum atomic E-state index is 12.0. The minimum Gasteiger partial charge on any atom is -0.497 e. The fourth-order valence-corrected chi connectivity index (χ4v) is 2.78. The Morgan fingerprint density at radius 1 is 1.26 bits per heavy atom. The van der Waals surface area contributed by atoms with Gasteiger partial charge in [-0.05, 0) is 37.2 Å². The third-order valence-electron chi connectivity index (χ3n) is 4.05. The molecule has 1 aliphatic rings. The van der Waals surface area contributed by atoms with Crippen LogP contribution in [-0.2, 0) is 11.2 Å². The van der Waals surface area contributed by atoms with E-state index in [-0.39, 0.29) is 5.69 Å². The van der Waals surface area contributed by atoms with Gasteiger partial charge in [0, 0.05) is 19.5 Å². The molecular formula is C16H22N4O3. The van der Waals surface area contributed by atoms with E-state index in [0.29, 0.717) is 0 Å². The molecule has 0 amide bonds. The summed E-state index contributed by atoms with van der Waals surface area (Å²) < 4.78 is 12.1. The third kappa shape index (κ3) is 3.80. The summed E-state index contributed by atoms with van der Waals surface area (Å²) in [5.41, 5.74) is 0.586. The zero-order valence-corrected chi connectivity index (χ0v) is 13.3. The third-order valence-corrected chi connectivity index (χ3v) is 4.05. The maximum absolute atomic E-state index is 12.0. The van der Waals surface area contributed by atoms with E-state index in [9.17, 15) is 4.79 Å². The Morgan fingerprint density at radius 2 is 2.00 bits per heavy atom. The van der Waals surface area contributed by atoms with E-state index in [1.165, 1.54) is 0 Å². The van der Waals surface area contributed by atoms with Gasteiger partial charge in [-0.15, -0.1) is 0 Å². The van der Waals surface area contributed by atoms with Crippen LogP contribution in [0.15, 0.2) is 29.1 Å². The monoisotopic (exact) mass is 318 g/mol. The molecule has 0 atom stereocenters. The van der Waals surface area contributed by atoms with Gasteiger partial charge in [-0.2, -0.15) is 5.10 Å². The number of aromatic nitrogens is 3. The van der Waals surface area contributed by atoms with Gasteiger partial charge < -0.3 is 9.47 Å². The van der Waals surface area contributed by atoms with Gasteiger partial charge in [0.15, 0.2) is 0 Å². The number of benzene rings is 1. The quantitative estimate of drug-likeness (QED) is 0.854. The molecule has 0 aliphatic carbocycles. The van der Waals surface area contributed by atoms with Gasteiger partial charge in [-0.25, -0.2) is 14.5 Å². The lowest BCUT2D eigenvalue weighted by molar-refractivity contribution is 0.0374. The predicted octanol–water partition coefficient (Wildman–Crippen LogP) is 0.834. The van der Waals surface area contributed by atoms with Crippen molar-refractivity contribution in [1.82, 2.24) is 19.7 Å². The molecule has 1 aromatic carbocycles. The number of nitrogens with zero attached hydrogens (tertiary/aromatic N) is 3. The molecule has 1 aliphatic heterocycles. The molecule has 7 nitrogen and oxygen atoms in total. The van der Waals surface area contributed by atoms with E-state index in [1.807, 2.05) is 24.3 Å². The number of aryl methyl sites for hydroxylation is 1. The van der Waals surface area contributed by atoms with Crippen LogP contribution in [0.4, 0.5) is 0 Å². The number of hydrogen-bond donors (Lipinski definition) is 1. The highest BCUT2D eigenvalue weighted by Crippen LogP contribution is 2.15. The van der Waals surface area contributed by atoms with Crippen LogP contribution >= 0.6 is 0 Å². The van der Waals surface area contributed by atoms with Crippen LogP contribution in [0.25, 0.3) is 5.69 Å². The van der Waals surface area contributed by atoms with Gasteiger partial charge in [-0.3, -0.25) is 4.90 Å². The Labute approximate surface area is 134 Å². The molecule has 3 rings (SSSR count). The van der Waals surface area contributed by atoms with Gasteiger partial charge in [0.25, 0.3) is 0 Å². The highest BCUT2D eigenvalue weighted by Gasteiger charge is 2.13. The first kappa shape index (κ1) is 15.8. The second-order valence-electron chi connectivity index (χ2n) is 5.54. The average Bonchev–Trinajstić information content (AvgIpc) is 2.97. The molecule has 2 aromatic rings. The van der Waals surface area contributed by atoms with Crippen molar-refractivity contribution in [3.05, 3.63) is 40.6 Å². The van der Waals surface area contributed by atoms with E-state index in [0.717, 1.165) is 63.0 Å². The number of morpholine rings is 1. The summed E-state index contributed by atoms with van der Waals surface area (Å²) in [6, 6.07) is 7.40. The number of methoxy groups -OCH3 is 1. The first-order valence-electron chi connectivity index (χ1n) is 7.89. The average molecular weight is 318 g/mol. The SMILES string of the molecule is COc1ccc(-n2c(CCCN3CCOCC3)n[nH]c2=O)cc1. The molecule has 7 heteroatoms. The molecule has 1 aromatic heterocycles. The first-order chi connectivity index (χ1) is 11.3. The van der Waals surface area contributed by atoms with Crippen LogP contribution in [0.3, 0.4) is 0 Å². The fourth-order valence-electron chi connectivity index (χ4n) is 2.78. The second kappa shape index (κ2) is 7.43. The van der Waals surface area contributed by atoms with Crippen molar-refractivity contribution in [2.75, 3.05) is 40.0 Å². The van der Waals surface area contributed by atoms with Gasteiger partial charge in [0.2, 0.25) is 0 Å². The van der Waals surface area contributed by atoms with E-state index in [1.54, 1.807) is 11.7 Å². The molecule has 0 radical (unpaired) electrons. The molecule has 0 saturated carbocycles. The summed E-state index contributed by atoms with van der Waals surface area (Å²) in [5, 5.41) is 6.71. The normalized spacial score (nSPS) is 15.7. The van der Waals surface area contributed by atoms with Gasteiger partial charge in [0.05, 0.1) is 26.0 Å². The summed E-state index contributed by atoms with van der Waals surface area (Å²) in [4.78, 5) is 14.4. The smallest absolute Gasteiger partial charge is 0.347 e. The zero-order chi connectivity index (χ0) is 16.1. The van der Waals surface area contributed by atoms with Crippen LogP contribution in [0.1, 0.15) is 12.2 Å². The molecule has 1 fully saturated rings. The largest absolute Gasteiger partial charge is 0.497 e. The lowest BCUT2D eigenvalue weighted by Gasteiger charge is -2.26. The Morgan fingerprint density at radius 3 is 2.70 bits per heavy atom. The van der Waals surface area contributed by atoms with Crippen molar-refractivity contribution in [1.29, 1.82) is 0 Å². The number of aromatic amines is 1. The topological polar surface area (TPSA) is 72.4 Å². The summed E-state index contributed by atoms with van der Waals surface area (Å²) in [7, 11) is 1.62. The van der Waals surface area contributed by atoms with E-state index >= 15 is 0 Å². The fraction of sp³-hybridized carbons (Fsp3) is 0.500. The van der Waals surface area contributed by atoms with Crippen LogP contribution in [0.2, 0.25) is 0 Å². The molecule has 23 heavy (non-hydrogen) atoms. The molecule has 1 saturated heterocycles. The molecule has 0 unspecified atom stereocenters. The summed E-state index contributed by atoms with van der Waals surface area (Å²) in [5.74, 6) is 1.52. The van der Waals surface area contributed by atoms with Crippen molar-refractivity contribution in [3.63, 3.8) is 0 Å². The lowest BCUT2D eigenvalue weighted by atomic mass is 10.2. The van der Waals surface area contributed by atoms with Gasteiger partial charge >= 0.3 is 5.69 Å². The minimum atomic E-state index is -0.212. The van der Waals surface area contributed by atoms with Crippen molar-refractivity contribution in [2.24, 2.45) is 0 Å². The summed E-state index contributed by atoms with van der Waals surface area (Å²) in [6.45, 7) is 4.56. The molecule has 2 heterocycles.